The summed E-state index contributed by atoms with van der Waals surface area (Å²) in [7, 11) is -5.05. The van der Waals surface area contributed by atoms with Crippen molar-refractivity contribution in [3.63, 3.8) is 0 Å². The third-order valence-corrected chi connectivity index (χ3v) is 5.30. The van der Waals surface area contributed by atoms with Gasteiger partial charge in [0, 0.05) is 19.8 Å². The molecule has 0 aromatic heterocycles. The van der Waals surface area contributed by atoms with Crippen LogP contribution in [0.3, 0.4) is 0 Å². The number of nitrogens with one attached hydrogen (secondary N) is 1. The van der Waals surface area contributed by atoms with Gasteiger partial charge in [0.05, 0.1) is 11.5 Å². The molecule has 0 aliphatic heterocycles. The van der Waals surface area contributed by atoms with Gasteiger partial charge in [0.15, 0.2) is 0 Å². The van der Waals surface area contributed by atoms with Gasteiger partial charge in [0.25, 0.3) is 0 Å². The first-order chi connectivity index (χ1) is 8.19. The average Bonchev–Trinajstić information content (AvgIpc) is 2.24. The number of sulfone groups is 1. The second-order valence-electron chi connectivity index (χ2n) is 4.37. The van der Waals surface area contributed by atoms with Crippen LogP contribution in [0.5, 0.6) is 0 Å². The quantitative estimate of drug-likeness (QED) is 0.559. The topological polar surface area (TPSA) is 83.6 Å². The van der Waals surface area contributed by atoms with Crippen LogP contribution in [0.2, 0.25) is 0 Å². The zero-order valence-electron chi connectivity index (χ0n) is 11.3. The summed E-state index contributed by atoms with van der Waals surface area (Å²) < 4.78 is 46.6. The van der Waals surface area contributed by atoms with E-state index in [0.29, 0.717) is 13.0 Å². The van der Waals surface area contributed by atoms with Gasteiger partial charge in [-0.3, -0.25) is 0 Å². The third kappa shape index (κ3) is 8.84. The molecule has 0 saturated carbocycles. The average molecular weight is 300 g/mol. The summed E-state index contributed by atoms with van der Waals surface area (Å²) in [4.78, 5) is 0. The van der Waals surface area contributed by atoms with Crippen LogP contribution in [0, 0.1) is 0 Å². The third-order valence-electron chi connectivity index (χ3n) is 2.43. The molecule has 110 valence electrons. The molecule has 18 heavy (non-hydrogen) atoms. The minimum atomic E-state index is -3.34. The number of rotatable bonds is 10. The highest BCUT2D eigenvalue weighted by Crippen LogP contribution is 2.01. The first-order valence-electron chi connectivity index (χ1n) is 6.01. The van der Waals surface area contributed by atoms with Crippen molar-refractivity contribution in [2.24, 2.45) is 0 Å². The summed E-state index contributed by atoms with van der Waals surface area (Å²) in [5.41, 5.74) is 0. The Labute approximate surface area is 111 Å². The molecule has 0 atom stereocenters. The standard InChI is InChI=1S/C10H24N2O4S2/c1-4-6-11-7-5-9-18(15,16)12(2)8-10-17(3,13)14/h11H,4-10H2,1-3H3. The molecular formula is C10H24N2O4S2. The highest BCUT2D eigenvalue weighted by Gasteiger charge is 2.18. The second-order valence-corrected chi connectivity index (χ2v) is 8.83. The van der Waals surface area contributed by atoms with Crippen molar-refractivity contribution >= 4 is 19.9 Å². The Morgan fingerprint density at radius 1 is 1.06 bits per heavy atom. The van der Waals surface area contributed by atoms with E-state index in [0.717, 1.165) is 23.5 Å². The maximum Gasteiger partial charge on any atom is 0.213 e. The molecule has 0 aromatic carbocycles. The van der Waals surface area contributed by atoms with Gasteiger partial charge in [-0.2, -0.15) is 0 Å². The largest absolute Gasteiger partial charge is 0.317 e. The van der Waals surface area contributed by atoms with Crippen molar-refractivity contribution in [3.05, 3.63) is 0 Å². The summed E-state index contributed by atoms with van der Waals surface area (Å²) in [6, 6.07) is 0. The first kappa shape index (κ1) is 17.8. The normalized spacial score (nSPS) is 13.1. The van der Waals surface area contributed by atoms with E-state index in [4.69, 9.17) is 0 Å². The fourth-order valence-corrected chi connectivity index (χ4v) is 3.18. The number of sulfonamides is 1. The van der Waals surface area contributed by atoms with Crippen molar-refractivity contribution in [2.75, 3.05) is 44.4 Å². The molecule has 0 unspecified atom stereocenters. The van der Waals surface area contributed by atoms with Gasteiger partial charge < -0.3 is 5.32 Å². The Morgan fingerprint density at radius 2 is 1.67 bits per heavy atom. The molecule has 1 N–H and O–H groups in total. The smallest absolute Gasteiger partial charge is 0.213 e. The lowest BCUT2D eigenvalue weighted by Gasteiger charge is -2.16. The highest BCUT2D eigenvalue weighted by molar-refractivity contribution is 7.91. The SMILES string of the molecule is CCCNCCCS(=O)(=O)N(C)CCS(C)(=O)=O. The molecule has 0 rings (SSSR count). The molecule has 8 heteroatoms. The monoisotopic (exact) mass is 300 g/mol. The van der Waals surface area contributed by atoms with E-state index < -0.39 is 19.9 Å². The van der Waals surface area contributed by atoms with Crippen molar-refractivity contribution in [2.45, 2.75) is 19.8 Å². The molecule has 0 saturated heterocycles. The zero-order chi connectivity index (χ0) is 14.2. The lowest BCUT2D eigenvalue weighted by atomic mass is 10.4. The van der Waals surface area contributed by atoms with Crippen LogP contribution in [0.4, 0.5) is 0 Å². The van der Waals surface area contributed by atoms with Crippen LogP contribution < -0.4 is 5.32 Å². The lowest BCUT2D eigenvalue weighted by molar-refractivity contribution is 0.482. The molecule has 0 aromatic rings. The molecule has 0 aliphatic carbocycles. The molecule has 0 heterocycles. The highest BCUT2D eigenvalue weighted by atomic mass is 32.2. The number of hydrogen-bond donors (Lipinski definition) is 1. The van der Waals surface area contributed by atoms with E-state index in [9.17, 15) is 16.8 Å². The molecular weight excluding hydrogens is 276 g/mol. The predicted octanol–water partition coefficient (Wildman–Crippen LogP) is -0.318. The minimum absolute atomic E-state index is 0.0174. The van der Waals surface area contributed by atoms with E-state index in [1.54, 1.807) is 0 Å². The number of nitrogens with zero attached hydrogens (tertiary/aromatic N) is 1. The van der Waals surface area contributed by atoms with Crippen molar-refractivity contribution in [1.82, 2.24) is 9.62 Å². The Morgan fingerprint density at radius 3 is 2.17 bits per heavy atom. The molecule has 0 amide bonds. The lowest BCUT2D eigenvalue weighted by Crippen LogP contribution is -2.34. The Bertz CT molecular complexity index is 417. The van der Waals surface area contributed by atoms with Gasteiger partial charge in [0.2, 0.25) is 10.0 Å². The fraction of sp³-hybridized carbons (Fsp3) is 1.00. The molecule has 0 radical (unpaired) electrons. The van der Waals surface area contributed by atoms with E-state index in [1.165, 1.54) is 7.05 Å². The minimum Gasteiger partial charge on any atom is -0.317 e. The maximum atomic E-state index is 11.8. The maximum absolute atomic E-state index is 11.8. The van der Waals surface area contributed by atoms with Crippen LogP contribution in [0.25, 0.3) is 0 Å². The van der Waals surface area contributed by atoms with Crippen LogP contribution >= 0.6 is 0 Å². The van der Waals surface area contributed by atoms with Gasteiger partial charge in [-0.15, -0.1) is 0 Å². The van der Waals surface area contributed by atoms with Crippen molar-refractivity contribution in [1.29, 1.82) is 0 Å². The number of hydrogen-bond acceptors (Lipinski definition) is 5. The summed E-state index contributed by atoms with van der Waals surface area (Å²) >= 11 is 0. The van der Waals surface area contributed by atoms with E-state index >= 15 is 0 Å². The summed E-state index contributed by atoms with van der Waals surface area (Å²) in [5, 5.41) is 3.12. The van der Waals surface area contributed by atoms with Crippen LogP contribution in [-0.2, 0) is 19.9 Å². The van der Waals surface area contributed by atoms with Crippen LogP contribution in [-0.4, -0.2) is 65.6 Å². The van der Waals surface area contributed by atoms with Gasteiger partial charge in [-0.1, -0.05) is 6.92 Å². The predicted molar refractivity (Wildman–Crippen MR) is 73.9 cm³/mol. The fourth-order valence-electron chi connectivity index (χ4n) is 1.27. The molecule has 0 aliphatic rings. The summed E-state index contributed by atoms with van der Waals surface area (Å²) in [5.74, 6) is -0.0964. The van der Waals surface area contributed by atoms with E-state index in [2.05, 4.69) is 5.32 Å². The van der Waals surface area contributed by atoms with Gasteiger partial charge >= 0.3 is 0 Å². The Balaban J connectivity index is 4.04. The van der Waals surface area contributed by atoms with Gasteiger partial charge in [0.1, 0.15) is 9.84 Å². The van der Waals surface area contributed by atoms with Crippen molar-refractivity contribution in [3.8, 4) is 0 Å². The molecule has 6 nitrogen and oxygen atoms in total. The summed E-state index contributed by atoms with van der Waals surface area (Å²) in [6.07, 6.45) is 2.65. The Hall–Kier alpha value is -0.180. The first-order valence-corrected chi connectivity index (χ1v) is 9.68. The summed E-state index contributed by atoms with van der Waals surface area (Å²) in [6.45, 7) is 3.60. The molecule has 0 spiro atoms. The van der Waals surface area contributed by atoms with Crippen molar-refractivity contribution < 1.29 is 16.8 Å². The van der Waals surface area contributed by atoms with Crippen LogP contribution in [0.1, 0.15) is 19.8 Å². The molecule has 0 bridgehead atoms. The van der Waals surface area contributed by atoms with E-state index in [-0.39, 0.29) is 18.1 Å². The van der Waals surface area contributed by atoms with Crippen LogP contribution in [0.15, 0.2) is 0 Å². The van der Waals surface area contributed by atoms with Gasteiger partial charge in [-0.25, -0.2) is 21.1 Å². The second kappa shape index (κ2) is 8.08. The van der Waals surface area contributed by atoms with E-state index in [1.807, 2.05) is 6.92 Å². The Kier molecular flexibility index (Phi) is 8.00. The zero-order valence-corrected chi connectivity index (χ0v) is 13.0. The molecule has 0 fully saturated rings. The van der Waals surface area contributed by atoms with Gasteiger partial charge in [-0.05, 0) is 25.9 Å².